The van der Waals surface area contributed by atoms with Crippen LogP contribution >= 0.6 is 11.3 Å². The van der Waals surface area contributed by atoms with Gasteiger partial charge in [0.25, 0.3) is 11.8 Å². The number of halogens is 1. The van der Waals surface area contributed by atoms with Crippen molar-refractivity contribution in [2.75, 3.05) is 18.4 Å². The Labute approximate surface area is 162 Å². The zero-order valence-electron chi connectivity index (χ0n) is 15.2. The Balaban J connectivity index is 1.64. The van der Waals surface area contributed by atoms with E-state index in [0.717, 1.165) is 63.6 Å². The lowest BCUT2D eigenvalue weighted by Gasteiger charge is -2.21. The molecule has 1 N–H and O–H groups in total. The highest BCUT2D eigenvalue weighted by molar-refractivity contribution is 7.17. The number of hydrogen-bond acceptors (Lipinski definition) is 3. The molecule has 1 saturated heterocycles. The topological polar surface area (TPSA) is 49.4 Å². The summed E-state index contributed by atoms with van der Waals surface area (Å²) in [6.07, 6.45) is 7.21. The number of thiophene rings is 1. The van der Waals surface area contributed by atoms with E-state index in [4.69, 9.17) is 0 Å². The molecule has 0 bridgehead atoms. The molecule has 0 saturated carbocycles. The van der Waals surface area contributed by atoms with E-state index in [1.807, 2.05) is 4.90 Å². The fraction of sp³-hybridized carbons (Fsp3) is 0.429. The number of carbonyl (C=O) groups is 2. The van der Waals surface area contributed by atoms with Crippen molar-refractivity contribution in [3.8, 4) is 0 Å². The summed E-state index contributed by atoms with van der Waals surface area (Å²) < 4.78 is 14.0. The van der Waals surface area contributed by atoms with Crippen molar-refractivity contribution in [1.29, 1.82) is 0 Å². The molecule has 6 heteroatoms. The average molecular weight is 386 g/mol. The van der Waals surface area contributed by atoms with Gasteiger partial charge in [0.05, 0.1) is 11.1 Å². The van der Waals surface area contributed by atoms with E-state index in [1.165, 1.54) is 28.3 Å². The van der Waals surface area contributed by atoms with Crippen LogP contribution in [0, 0.1) is 5.82 Å². The molecule has 2 aromatic rings. The number of anilines is 1. The second-order valence-corrected chi connectivity index (χ2v) is 8.31. The van der Waals surface area contributed by atoms with Crippen LogP contribution in [0.3, 0.4) is 0 Å². The first-order valence-corrected chi connectivity index (χ1v) is 10.5. The first-order chi connectivity index (χ1) is 13.1. The van der Waals surface area contributed by atoms with E-state index < -0.39 is 11.7 Å². The quantitative estimate of drug-likeness (QED) is 0.835. The van der Waals surface area contributed by atoms with E-state index in [2.05, 4.69) is 5.32 Å². The molecular formula is C21H23FN2O2S. The number of benzene rings is 1. The molecule has 142 valence electrons. The van der Waals surface area contributed by atoms with Gasteiger partial charge in [-0.25, -0.2) is 4.39 Å². The van der Waals surface area contributed by atoms with E-state index >= 15 is 0 Å². The molecule has 0 atom stereocenters. The van der Waals surface area contributed by atoms with Gasteiger partial charge < -0.3 is 10.2 Å². The maximum Gasteiger partial charge on any atom is 0.259 e. The zero-order chi connectivity index (χ0) is 18.8. The third-order valence-electron chi connectivity index (χ3n) is 5.37. The molecule has 1 aromatic heterocycles. The first-order valence-electron chi connectivity index (χ1n) is 9.65. The molecule has 1 aliphatic heterocycles. The average Bonchev–Trinajstić information content (AvgIpc) is 3.11. The number of fused-ring (bicyclic) bond motifs is 1. The third-order valence-corrected chi connectivity index (χ3v) is 6.58. The number of nitrogens with one attached hydrogen (secondary N) is 1. The van der Waals surface area contributed by atoms with Gasteiger partial charge in [-0.05, 0) is 49.8 Å². The summed E-state index contributed by atoms with van der Waals surface area (Å²) in [5.41, 5.74) is 1.72. The van der Waals surface area contributed by atoms with Crippen molar-refractivity contribution in [3.63, 3.8) is 0 Å². The van der Waals surface area contributed by atoms with Gasteiger partial charge in [0.1, 0.15) is 10.8 Å². The van der Waals surface area contributed by atoms with Gasteiger partial charge >= 0.3 is 0 Å². The fourth-order valence-electron chi connectivity index (χ4n) is 3.97. The minimum atomic E-state index is -0.556. The van der Waals surface area contributed by atoms with Crippen molar-refractivity contribution in [2.24, 2.45) is 0 Å². The van der Waals surface area contributed by atoms with Gasteiger partial charge in [-0.2, -0.15) is 0 Å². The maximum atomic E-state index is 14.0. The Morgan fingerprint density at radius 1 is 1.00 bits per heavy atom. The van der Waals surface area contributed by atoms with Crippen LogP contribution in [0.2, 0.25) is 0 Å². The SMILES string of the molecule is O=C(Nc1sc2c(c1C(=O)N1CCCCCC1)CCC2)c1ccccc1F. The van der Waals surface area contributed by atoms with Crippen molar-refractivity contribution in [3.05, 3.63) is 51.7 Å². The Kier molecular flexibility index (Phi) is 5.25. The normalized spacial score (nSPS) is 16.7. The molecule has 1 aliphatic carbocycles. The summed E-state index contributed by atoms with van der Waals surface area (Å²) in [6.45, 7) is 1.54. The molecule has 1 fully saturated rings. The molecule has 1 aromatic carbocycles. The lowest BCUT2D eigenvalue weighted by molar-refractivity contribution is 0.0762. The van der Waals surface area contributed by atoms with Crippen LogP contribution in [0.5, 0.6) is 0 Å². The number of rotatable bonds is 3. The Morgan fingerprint density at radius 3 is 2.48 bits per heavy atom. The number of aryl methyl sites for hydroxylation is 1. The second kappa shape index (κ2) is 7.80. The minimum absolute atomic E-state index is 0.000712. The summed E-state index contributed by atoms with van der Waals surface area (Å²) >= 11 is 1.47. The van der Waals surface area contributed by atoms with E-state index in [9.17, 15) is 14.0 Å². The molecule has 0 radical (unpaired) electrons. The van der Waals surface area contributed by atoms with Gasteiger partial charge in [0.2, 0.25) is 0 Å². The molecule has 0 unspecified atom stereocenters. The lowest BCUT2D eigenvalue weighted by Crippen LogP contribution is -2.32. The molecule has 27 heavy (non-hydrogen) atoms. The Morgan fingerprint density at radius 2 is 1.74 bits per heavy atom. The Bertz CT molecular complexity index is 869. The minimum Gasteiger partial charge on any atom is -0.339 e. The van der Waals surface area contributed by atoms with Crippen LogP contribution in [0.15, 0.2) is 24.3 Å². The standard InChI is InChI=1S/C21H23FN2O2S/c22-16-10-4-3-8-14(16)19(25)23-20-18(15-9-7-11-17(15)27-20)21(26)24-12-5-1-2-6-13-24/h3-4,8,10H,1-2,5-7,9,11-13H2,(H,23,25). The number of hydrogen-bond donors (Lipinski definition) is 1. The highest BCUT2D eigenvalue weighted by atomic mass is 32.1. The summed E-state index contributed by atoms with van der Waals surface area (Å²) in [5, 5.41) is 3.40. The second-order valence-electron chi connectivity index (χ2n) is 7.20. The van der Waals surface area contributed by atoms with Crippen LogP contribution in [0.1, 0.15) is 63.3 Å². The molecule has 2 amide bonds. The summed E-state index contributed by atoms with van der Waals surface area (Å²) in [4.78, 5) is 29.0. The van der Waals surface area contributed by atoms with Crippen molar-refractivity contribution in [1.82, 2.24) is 4.90 Å². The fourth-order valence-corrected chi connectivity index (χ4v) is 5.24. The molecule has 4 nitrogen and oxygen atoms in total. The summed E-state index contributed by atoms with van der Waals surface area (Å²) in [5.74, 6) is -1.04. The van der Waals surface area contributed by atoms with Crippen molar-refractivity contribution >= 4 is 28.2 Å². The highest BCUT2D eigenvalue weighted by Crippen LogP contribution is 2.40. The number of likely N-dealkylation sites (tertiary alicyclic amines) is 1. The molecule has 2 heterocycles. The maximum absolute atomic E-state index is 14.0. The van der Waals surface area contributed by atoms with Crippen LogP contribution in [0.25, 0.3) is 0 Å². The largest absolute Gasteiger partial charge is 0.339 e. The van der Waals surface area contributed by atoms with Crippen LogP contribution in [-0.2, 0) is 12.8 Å². The summed E-state index contributed by atoms with van der Waals surface area (Å²) in [6, 6.07) is 5.92. The Hall–Kier alpha value is -2.21. The summed E-state index contributed by atoms with van der Waals surface area (Å²) in [7, 11) is 0. The number of nitrogens with zero attached hydrogens (tertiary/aromatic N) is 1. The van der Waals surface area contributed by atoms with Gasteiger partial charge in [0.15, 0.2) is 0 Å². The predicted octanol–water partition coefficient (Wildman–Crippen LogP) is 4.64. The van der Waals surface area contributed by atoms with Crippen molar-refractivity contribution < 1.29 is 14.0 Å². The van der Waals surface area contributed by atoms with Crippen molar-refractivity contribution in [2.45, 2.75) is 44.9 Å². The predicted molar refractivity (Wildman–Crippen MR) is 105 cm³/mol. The number of amides is 2. The number of carbonyl (C=O) groups excluding carboxylic acids is 2. The smallest absolute Gasteiger partial charge is 0.259 e. The third kappa shape index (κ3) is 3.63. The van der Waals surface area contributed by atoms with Gasteiger partial charge in [-0.15, -0.1) is 11.3 Å². The highest BCUT2D eigenvalue weighted by Gasteiger charge is 2.30. The van der Waals surface area contributed by atoms with E-state index in [0.29, 0.717) is 10.6 Å². The van der Waals surface area contributed by atoms with Crippen LogP contribution in [-0.4, -0.2) is 29.8 Å². The molecule has 4 rings (SSSR count). The van der Waals surface area contributed by atoms with Crippen LogP contribution in [0.4, 0.5) is 9.39 Å². The zero-order valence-corrected chi connectivity index (χ0v) is 16.0. The van der Waals surface area contributed by atoms with Gasteiger partial charge in [0, 0.05) is 18.0 Å². The monoisotopic (exact) mass is 386 g/mol. The van der Waals surface area contributed by atoms with E-state index in [1.54, 1.807) is 12.1 Å². The van der Waals surface area contributed by atoms with Crippen LogP contribution < -0.4 is 5.32 Å². The van der Waals surface area contributed by atoms with E-state index in [-0.39, 0.29) is 11.5 Å². The van der Waals surface area contributed by atoms with Gasteiger partial charge in [-0.3, -0.25) is 9.59 Å². The molecular weight excluding hydrogens is 363 g/mol. The molecule has 0 spiro atoms. The lowest BCUT2D eigenvalue weighted by atomic mass is 10.1. The molecule has 2 aliphatic rings. The van der Waals surface area contributed by atoms with Gasteiger partial charge in [-0.1, -0.05) is 25.0 Å². The first kappa shape index (κ1) is 18.2.